The highest BCUT2D eigenvalue weighted by Crippen LogP contribution is 2.23. The third-order valence-corrected chi connectivity index (χ3v) is 2.88. The van der Waals surface area contributed by atoms with Gasteiger partial charge in [0, 0.05) is 18.3 Å². The van der Waals surface area contributed by atoms with Gasteiger partial charge in [0.1, 0.15) is 6.61 Å². The molecule has 0 fully saturated rings. The van der Waals surface area contributed by atoms with E-state index in [9.17, 15) is 9.18 Å². The minimum absolute atomic E-state index is 0.0788. The molecule has 0 aliphatic rings. The summed E-state index contributed by atoms with van der Waals surface area (Å²) in [4.78, 5) is 15.3. The Morgan fingerprint density at radius 1 is 1.33 bits per heavy atom. The van der Waals surface area contributed by atoms with E-state index in [-0.39, 0.29) is 18.9 Å². The van der Waals surface area contributed by atoms with Crippen LogP contribution in [0.15, 0.2) is 36.5 Å². The van der Waals surface area contributed by atoms with Crippen LogP contribution in [-0.2, 0) is 17.9 Å². The zero-order valence-electron chi connectivity index (χ0n) is 11.5. The zero-order chi connectivity index (χ0) is 15.2. The predicted octanol–water partition coefficient (Wildman–Crippen LogP) is 2.04. The lowest BCUT2D eigenvalue weighted by atomic mass is 10.2. The average molecular weight is 290 g/mol. The second kappa shape index (κ2) is 6.81. The van der Waals surface area contributed by atoms with Gasteiger partial charge in [-0.3, -0.25) is 4.98 Å². The Kier molecular flexibility index (Phi) is 4.84. The number of benzene rings is 1. The molecule has 0 bridgehead atoms. The van der Waals surface area contributed by atoms with Gasteiger partial charge in [-0.05, 0) is 18.2 Å². The lowest BCUT2D eigenvalue weighted by molar-refractivity contribution is 0.0600. The molecule has 1 aromatic carbocycles. The van der Waals surface area contributed by atoms with E-state index in [0.717, 1.165) is 0 Å². The van der Waals surface area contributed by atoms with Gasteiger partial charge in [0.05, 0.1) is 18.4 Å². The highest BCUT2D eigenvalue weighted by atomic mass is 19.1. The largest absolute Gasteiger partial charge is 0.484 e. The van der Waals surface area contributed by atoms with Crippen molar-refractivity contribution in [2.24, 2.45) is 5.73 Å². The molecule has 110 valence electrons. The molecular weight excluding hydrogens is 275 g/mol. The number of para-hydroxylation sites is 1. The molecule has 6 heteroatoms. The number of nitrogens with two attached hydrogens (primary N) is 1. The maximum Gasteiger partial charge on any atom is 0.339 e. The van der Waals surface area contributed by atoms with Crippen molar-refractivity contribution < 1.29 is 18.7 Å². The Hall–Kier alpha value is -2.47. The number of methoxy groups -OCH3 is 1. The summed E-state index contributed by atoms with van der Waals surface area (Å²) in [5.41, 5.74) is 7.03. The number of hydrogen-bond acceptors (Lipinski definition) is 5. The van der Waals surface area contributed by atoms with Crippen molar-refractivity contribution in [3.05, 3.63) is 59.2 Å². The number of pyridine rings is 1. The van der Waals surface area contributed by atoms with Crippen LogP contribution in [0.1, 0.15) is 21.6 Å². The van der Waals surface area contributed by atoms with E-state index in [2.05, 4.69) is 9.72 Å². The smallest absolute Gasteiger partial charge is 0.339 e. The number of esters is 1. The van der Waals surface area contributed by atoms with Crippen molar-refractivity contribution >= 4 is 5.97 Å². The van der Waals surface area contributed by atoms with Crippen molar-refractivity contribution in [2.75, 3.05) is 7.11 Å². The number of aromatic nitrogens is 1. The summed E-state index contributed by atoms with van der Waals surface area (Å²) in [7, 11) is 1.30. The molecule has 0 aliphatic carbocycles. The molecule has 0 spiro atoms. The molecule has 2 aromatic rings. The SMILES string of the molecule is COC(=O)c1ccc(COc2c(F)cccc2CN)nc1. The van der Waals surface area contributed by atoms with Gasteiger partial charge in [-0.25, -0.2) is 9.18 Å². The molecule has 0 aliphatic heterocycles. The first kappa shape index (κ1) is 14.9. The number of rotatable bonds is 5. The molecular formula is C15H15FN2O3. The second-order valence-corrected chi connectivity index (χ2v) is 4.25. The summed E-state index contributed by atoms with van der Waals surface area (Å²) >= 11 is 0. The molecule has 2 rings (SSSR count). The molecule has 0 radical (unpaired) electrons. The van der Waals surface area contributed by atoms with Crippen LogP contribution in [0, 0.1) is 5.82 Å². The Bertz CT molecular complexity index is 629. The van der Waals surface area contributed by atoms with Gasteiger partial charge >= 0.3 is 5.97 Å². The van der Waals surface area contributed by atoms with E-state index in [1.54, 1.807) is 24.3 Å². The van der Waals surface area contributed by atoms with E-state index in [1.807, 2.05) is 0 Å². The van der Waals surface area contributed by atoms with Crippen LogP contribution in [0.25, 0.3) is 0 Å². The lowest BCUT2D eigenvalue weighted by Gasteiger charge is -2.11. The first-order valence-corrected chi connectivity index (χ1v) is 6.29. The number of nitrogens with zero attached hydrogens (tertiary/aromatic N) is 1. The molecule has 0 saturated heterocycles. The summed E-state index contributed by atoms with van der Waals surface area (Å²) in [6.07, 6.45) is 1.38. The number of halogens is 1. The quantitative estimate of drug-likeness (QED) is 0.853. The van der Waals surface area contributed by atoms with Crippen LogP contribution < -0.4 is 10.5 Å². The van der Waals surface area contributed by atoms with Crippen LogP contribution >= 0.6 is 0 Å². The molecule has 0 saturated carbocycles. The Balaban J connectivity index is 2.08. The van der Waals surface area contributed by atoms with Crippen molar-refractivity contribution in [2.45, 2.75) is 13.2 Å². The van der Waals surface area contributed by atoms with Crippen molar-refractivity contribution in [3.63, 3.8) is 0 Å². The summed E-state index contributed by atoms with van der Waals surface area (Å²) in [5.74, 6) is -0.808. The summed E-state index contributed by atoms with van der Waals surface area (Å²) in [5, 5.41) is 0. The molecule has 1 aromatic heterocycles. The molecule has 0 atom stereocenters. The molecule has 1 heterocycles. The maximum absolute atomic E-state index is 13.7. The first-order chi connectivity index (χ1) is 10.2. The molecule has 5 nitrogen and oxygen atoms in total. The van der Waals surface area contributed by atoms with E-state index >= 15 is 0 Å². The summed E-state index contributed by atoms with van der Waals surface area (Å²) in [6, 6.07) is 7.78. The van der Waals surface area contributed by atoms with Crippen LogP contribution in [-0.4, -0.2) is 18.1 Å². The van der Waals surface area contributed by atoms with Crippen LogP contribution in [0.2, 0.25) is 0 Å². The van der Waals surface area contributed by atoms with Crippen molar-refractivity contribution in [1.82, 2.24) is 4.98 Å². The first-order valence-electron chi connectivity index (χ1n) is 6.29. The lowest BCUT2D eigenvalue weighted by Crippen LogP contribution is -2.07. The van der Waals surface area contributed by atoms with Gasteiger partial charge < -0.3 is 15.2 Å². The average Bonchev–Trinajstić information content (AvgIpc) is 2.53. The third kappa shape index (κ3) is 3.55. The van der Waals surface area contributed by atoms with Crippen LogP contribution in [0.3, 0.4) is 0 Å². The fourth-order valence-corrected chi connectivity index (χ4v) is 1.77. The van der Waals surface area contributed by atoms with Gasteiger partial charge in [-0.15, -0.1) is 0 Å². The normalized spacial score (nSPS) is 10.2. The molecule has 0 unspecified atom stereocenters. The Morgan fingerprint density at radius 2 is 2.14 bits per heavy atom. The fourth-order valence-electron chi connectivity index (χ4n) is 1.77. The van der Waals surface area contributed by atoms with Crippen molar-refractivity contribution in [1.29, 1.82) is 0 Å². The highest BCUT2D eigenvalue weighted by molar-refractivity contribution is 5.88. The Labute approximate surface area is 121 Å². The number of carbonyl (C=O) groups excluding carboxylic acids is 1. The molecule has 2 N–H and O–H groups in total. The van der Waals surface area contributed by atoms with E-state index in [4.69, 9.17) is 10.5 Å². The number of hydrogen-bond donors (Lipinski definition) is 1. The fraction of sp³-hybridized carbons (Fsp3) is 0.200. The number of carbonyl (C=O) groups is 1. The monoisotopic (exact) mass is 290 g/mol. The summed E-state index contributed by atoms with van der Waals surface area (Å²) in [6.45, 7) is 0.261. The van der Waals surface area contributed by atoms with Crippen molar-refractivity contribution in [3.8, 4) is 5.75 Å². The topological polar surface area (TPSA) is 74.4 Å². The van der Waals surface area contributed by atoms with Gasteiger partial charge in [0.15, 0.2) is 11.6 Å². The van der Waals surface area contributed by atoms with Crippen LogP contribution in [0.5, 0.6) is 5.75 Å². The number of ether oxygens (including phenoxy) is 2. The maximum atomic E-state index is 13.7. The highest BCUT2D eigenvalue weighted by Gasteiger charge is 2.10. The van der Waals surface area contributed by atoms with Crippen LogP contribution in [0.4, 0.5) is 4.39 Å². The predicted molar refractivity (Wildman–Crippen MR) is 74.2 cm³/mol. The molecule has 0 amide bonds. The summed E-state index contributed by atoms with van der Waals surface area (Å²) < 4.78 is 23.7. The molecule has 21 heavy (non-hydrogen) atoms. The van der Waals surface area contributed by atoms with Gasteiger partial charge in [-0.2, -0.15) is 0 Å². The van der Waals surface area contributed by atoms with E-state index < -0.39 is 11.8 Å². The third-order valence-electron chi connectivity index (χ3n) is 2.88. The van der Waals surface area contributed by atoms with Gasteiger partial charge in [0.2, 0.25) is 0 Å². The minimum Gasteiger partial charge on any atom is -0.484 e. The Morgan fingerprint density at radius 3 is 2.76 bits per heavy atom. The van der Waals surface area contributed by atoms with E-state index in [1.165, 1.54) is 19.4 Å². The second-order valence-electron chi connectivity index (χ2n) is 4.25. The zero-order valence-corrected chi connectivity index (χ0v) is 11.5. The standard InChI is InChI=1S/C15H15FN2O3/c1-20-15(19)11-5-6-12(18-8-11)9-21-14-10(7-17)3-2-4-13(14)16/h2-6,8H,7,9,17H2,1H3. The minimum atomic E-state index is -0.468. The van der Waals surface area contributed by atoms with E-state index in [0.29, 0.717) is 16.8 Å². The van der Waals surface area contributed by atoms with Gasteiger partial charge in [-0.1, -0.05) is 12.1 Å². The van der Waals surface area contributed by atoms with Gasteiger partial charge in [0.25, 0.3) is 0 Å².